The average molecular weight is 300 g/mol. The minimum absolute atomic E-state index is 0.162. The molecule has 1 aromatic rings. The van der Waals surface area contributed by atoms with Crippen LogP contribution in [0.4, 0.5) is 0 Å². The molecule has 4 nitrogen and oxygen atoms in total. The first-order valence-electron chi connectivity index (χ1n) is 5.46. The molecule has 2 N–H and O–H groups in total. The Balaban J connectivity index is 2.51. The second kappa shape index (κ2) is 5.06. The average Bonchev–Trinajstić information content (AvgIpc) is 2.77. The molecule has 1 aromatic carbocycles. The number of carbonyl (C=O) groups is 1. The van der Waals surface area contributed by atoms with E-state index in [1.54, 1.807) is 0 Å². The van der Waals surface area contributed by atoms with Gasteiger partial charge in [-0.1, -0.05) is 6.92 Å². The number of fused-ring (bicyclic) bond motifs is 1. The monoisotopic (exact) mass is 299 g/mol. The van der Waals surface area contributed by atoms with Crippen molar-refractivity contribution < 1.29 is 14.3 Å². The van der Waals surface area contributed by atoms with Crippen molar-refractivity contribution >= 4 is 22.2 Å². The summed E-state index contributed by atoms with van der Waals surface area (Å²) in [5.41, 5.74) is 7.10. The first-order valence-corrected chi connectivity index (χ1v) is 6.25. The predicted molar refractivity (Wildman–Crippen MR) is 67.7 cm³/mol. The van der Waals surface area contributed by atoms with Crippen molar-refractivity contribution in [1.29, 1.82) is 0 Å². The van der Waals surface area contributed by atoms with E-state index < -0.39 is 0 Å². The maximum Gasteiger partial charge on any atom is 0.231 e. The Kier molecular flexibility index (Phi) is 3.69. The SMILES string of the molecule is CC(CCN)c1cc(Br)c(C=O)c2c1OCO2. The summed E-state index contributed by atoms with van der Waals surface area (Å²) in [6, 6.07) is 1.91. The van der Waals surface area contributed by atoms with Crippen LogP contribution in [0.5, 0.6) is 11.5 Å². The molecule has 0 fully saturated rings. The summed E-state index contributed by atoms with van der Waals surface area (Å²) in [4.78, 5) is 11.0. The van der Waals surface area contributed by atoms with Gasteiger partial charge in [0.1, 0.15) is 0 Å². The van der Waals surface area contributed by atoms with Crippen molar-refractivity contribution in [1.82, 2.24) is 0 Å². The summed E-state index contributed by atoms with van der Waals surface area (Å²) in [5.74, 6) is 1.48. The van der Waals surface area contributed by atoms with Crippen molar-refractivity contribution in [2.45, 2.75) is 19.3 Å². The predicted octanol–water partition coefficient (Wildman–Crippen LogP) is 2.44. The van der Waals surface area contributed by atoms with Gasteiger partial charge in [-0.25, -0.2) is 0 Å². The zero-order chi connectivity index (χ0) is 12.4. The molecule has 1 heterocycles. The number of nitrogens with two attached hydrogens (primary N) is 1. The molecule has 1 aliphatic heterocycles. The highest BCUT2D eigenvalue weighted by Crippen LogP contribution is 2.45. The molecule has 2 rings (SSSR count). The van der Waals surface area contributed by atoms with Crippen molar-refractivity contribution in [3.05, 3.63) is 21.7 Å². The molecule has 0 aromatic heterocycles. The van der Waals surface area contributed by atoms with Crippen LogP contribution in [0.25, 0.3) is 0 Å². The largest absolute Gasteiger partial charge is 0.453 e. The van der Waals surface area contributed by atoms with Gasteiger partial charge < -0.3 is 15.2 Å². The first-order chi connectivity index (χ1) is 8.19. The number of ether oxygens (including phenoxy) is 2. The Morgan fingerprint density at radius 2 is 2.24 bits per heavy atom. The molecule has 0 bridgehead atoms. The second-order valence-electron chi connectivity index (χ2n) is 4.02. The Hall–Kier alpha value is -1.07. The summed E-state index contributed by atoms with van der Waals surface area (Å²) in [6.07, 6.45) is 1.64. The van der Waals surface area contributed by atoms with E-state index in [1.807, 2.05) is 6.07 Å². The normalized spacial score (nSPS) is 14.8. The molecule has 1 aliphatic rings. The van der Waals surface area contributed by atoms with Gasteiger partial charge in [0.2, 0.25) is 6.79 Å². The highest BCUT2D eigenvalue weighted by molar-refractivity contribution is 9.10. The Morgan fingerprint density at radius 1 is 1.53 bits per heavy atom. The molecule has 0 amide bonds. The maximum atomic E-state index is 11.0. The number of hydrogen-bond acceptors (Lipinski definition) is 4. The van der Waals surface area contributed by atoms with Crippen molar-refractivity contribution in [2.75, 3.05) is 13.3 Å². The van der Waals surface area contributed by atoms with E-state index in [0.29, 0.717) is 23.6 Å². The molecule has 1 unspecified atom stereocenters. The number of rotatable bonds is 4. The van der Waals surface area contributed by atoms with E-state index in [-0.39, 0.29) is 12.7 Å². The summed E-state index contributed by atoms with van der Waals surface area (Å²) < 4.78 is 11.5. The minimum atomic E-state index is 0.162. The third-order valence-corrected chi connectivity index (χ3v) is 3.56. The van der Waals surface area contributed by atoms with Gasteiger partial charge in [0, 0.05) is 10.0 Å². The minimum Gasteiger partial charge on any atom is -0.453 e. The fourth-order valence-corrected chi connectivity index (χ4v) is 2.48. The van der Waals surface area contributed by atoms with Crippen molar-refractivity contribution in [3.8, 4) is 11.5 Å². The van der Waals surface area contributed by atoms with Crippen LogP contribution in [-0.4, -0.2) is 19.6 Å². The van der Waals surface area contributed by atoms with Gasteiger partial charge in [-0.15, -0.1) is 0 Å². The third-order valence-electron chi connectivity index (χ3n) is 2.91. The van der Waals surface area contributed by atoms with Gasteiger partial charge in [0.15, 0.2) is 17.8 Å². The molecule has 5 heteroatoms. The van der Waals surface area contributed by atoms with E-state index in [4.69, 9.17) is 15.2 Å². The lowest BCUT2D eigenvalue weighted by Gasteiger charge is -2.15. The summed E-state index contributed by atoms with van der Waals surface area (Å²) in [7, 11) is 0. The molecule has 17 heavy (non-hydrogen) atoms. The van der Waals surface area contributed by atoms with Crippen LogP contribution < -0.4 is 15.2 Å². The summed E-state index contributed by atoms with van der Waals surface area (Å²) >= 11 is 3.38. The van der Waals surface area contributed by atoms with Gasteiger partial charge in [-0.3, -0.25) is 4.79 Å². The van der Waals surface area contributed by atoms with Crippen LogP contribution in [0, 0.1) is 0 Å². The van der Waals surface area contributed by atoms with E-state index >= 15 is 0 Å². The zero-order valence-corrected chi connectivity index (χ0v) is 11.1. The van der Waals surface area contributed by atoms with Gasteiger partial charge in [-0.05, 0) is 40.9 Å². The third kappa shape index (κ3) is 2.17. The molecule has 0 spiro atoms. The van der Waals surface area contributed by atoms with Crippen LogP contribution in [0.3, 0.4) is 0 Å². The highest BCUT2D eigenvalue weighted by atomic mass is 79.9. The van der Waals surface area contributed by atoms with E-state index in [9.17, 15) is 4.79 Å². The Labute approximate surface area is 108 Å². The lowest BCUT2D eigenvalue weighted by Crippen LogP contribution is -2.06. The number of hydrogen-bond donors (Lipinski definition) is 1. The van der Waals surface area contributed by atoms with Crippen LogP contribution in [0.1, 0.15) is 35.2 Å². The van der Waals surface area contributed by atoms with Gasteiger partial charge >= 0.3 is 0 Å². The van der Waals surface area contributed by atoms with Crippen molar-refractivity contribution in [3.63, 3.8) is 0 Å². The van der Waals surface area contributed by atoms with Crippen LogP contribution in [0.2, 0.25) is 0 Å². The molecular formula is C12H14BrNO3. The maximum absolute atomic E-state index is 11.0. The number of benzene rings is 1. The lowest BCUT2D eigenvalue weighted by molar-refractivity contribution is 0.111. The number of halogens is 1. The van der Waals surface area contributed by atoms with E-state index in [1.165, 1.54) is 0 Å². The second-order valence-corrected chi connectivity index (χ2v) is 4.88. The number of carbonyl (C=O) groups excluding carboxylic acids is 1. The quantitative estimate of drug-likeness (QED) is 0.868. The summed E-state index contributed by atoms with van der Waals surface area (Å²) in [5, 5.41) is 0. The molecular weight excluding hydrogens is 286 g/mol. The molecule has 0 saturated heterocycles. The van der Waals surface area contributed by atoms with Gasteiger partial charge in [0.05, 0.1) is 5.56 Å². The molecule has 0 aliphatic carbocycles. The van der Waals surface area contributed by atoms with Gasteiger partial charge in [0.25, 0.3) is 0 Å². The molecule has 92 valence electrons. The Bertz CT molecular complexity index is 448. The van der Waals surface area contributed by atoms with Gasteiger partial charge in [-0.2, -0.15) is 0 Å². The highest BCUT2D eigenvalue weighted by Gasteiger charge is 2.26. The van der Waals surface area contributed by atoms with E-state index in [0.717, 1.165) is 22.7 Å². The number of aldehydes is 1. The lowest BCUT2D eigenvalue weighted by atomic mass is 9.95. The molecule has 0 saturated carbocycles. The van der Waals surface area contributed by atoms with Crippen LogP contribution in [0.15, 0.2) is 10.5 Å². The fourth-order valence-electron chi connectivity index (χ4n) is 1.96. The smallest absolute Gasteiger partial charge is 0.231 e. The fraction of sp³-hybridized carbons (Fsp3) is 0.417. The zero-order valence-electron chi connectivity index (χ0n) is 9.53. The standard InChI is InChI=1S/C12H14BrNO3/c1-7(2-3-14)8-4-10(13)9(5-15)12-11(8)16-6-17-12/h4-5,7H,2-3,6,14H2,1H3. The van der Waals surface area contributed by atoms with Crippen molar-refractivity contribution in [2.24, 2.45) is 5.73 Å². The van der Waals surface area contributed by atoms with Crippen LogP contribution >= 0.6 is 15.9 Å². The Morgan fingerprint density at radius 3 is 2.88 bits per heavy atom. The van der Waals surface area contributed by atoms with Crippen LogP contribution in [-0.2, 0) is 0 Å². The molecule has 1 atom stereocenters. The first kappa shape index (κ1) is 12.4. The topological polar surface area (TPSA) is 61.6 Å². The molecule has 0 radical (unpaired) electrons. The summed E-state index contributed by atoms with van der Waals surface area (Å²) in [6.45, 7) is 2.86. The van der Waals surface area contributed by atoms with E-state index in [2.05, 4.69) is 22.9 Å².